The van der Waals surface area contributed by atoms with Crippen LogP contribution in [0.2, 0.25) is 0 Å². The molecule has 7 nitrogen and oxygen atoms in total. The predicted octanol–water partition coefficient (Wildman–Crippen LogP) is 5.88. The molecule has 2 atom stereocenters. The number of nitrogens with one attached hydrogen (secondary N) is 2. The zero-order valence-corrected chi connectivity index (χ0v) is 24.4. The number of nitrogens with zero attached hydrogens (tertiary/aromatic N) is 2. The van der Waals surface area contributed by atoms with Crippen molar-refractivity contribution in [2.75, 3.05) is 39.3 Å². The Morgan fingerprint density at radius 2 is 2.03 bits per heavy atom. The second kappa shape index (κ2) is 12.7. The maximum atomic E-state index is 13.1. The molecule has 7 heteroatoms. The highest BCUT2D eigenvalue weighted by atomic mass is 16.5. The number of benzene rings is 1. The molecule has 1 aromatic carbocycles. The molecule has 0 radical (unpaired) electrons. The van der Waals surface area contributed by atoms with Crippen LogP contribution in [-0.4, -0.2) is 62.1 Å². The van der Waals surface area contributed by atoms with Crippen molar-refractivity contribution in [3.63, 3.8) is 0 Å². The van der Waals surface area contributed by atoms with Gasteiger partial charge in [0.1, 0.15) is 6.54 Å². The zero-order chi connectivity index (χ0) is 28.0. The molecule has 208 valence electrons. The first-order valence-electron chi connectivity index (χ1n) is 14.0. The minimum Gasteiger partial charge on any atom is -0.391 e. The van der Waals surface area contributed by atoms with E-state index < -0.39 is 0 Å². The Labute approximate surface area is 228 Å². The number of methoxy groups -OCH3 is 1. The minimum absolute atomic E-state index is 0.0129. The minimum atomic E-state index is -0.119. The maximum Gasteiger partial charge on any atom is 0.246 e. The van der Waals surface area contributed by atoms with Gasteiger partial charge in [-0.1, -0.05) is 46.8 Å². The third-order valence-corrected chi connectivity index (χ3v) is 8.28. The summed E-state index contributed by atoms with van der Waals surface area (Å²) in [5.74, 6) is -0.106. The normalized spacial score (nSPS) is 21.4. The van der Waals surface area contributed by atoms with Crippen molar-refractivity contribution in [1.82, 2.24) is 15.2 Å². The summed E-state index contributed by atoms with van der Waals surface area (Å²) in [6.45, 7) is 13.6. The molecule has 2 aromatic rings. The van der Waals surface area contributed by atoms with Gasteiger partial charge in [-0.05, 0) is 60.4 Å². The third kappa shape index (κ3) is 6.15. The maximum absolute atomic E-state index is 13.1. The lowest BCUT2D eigenvalue weighted by Gasteiger charge is -2.36. The van der Waals surface area contributed by atoms with Gasteiger partial charge in [-0.25, -0.2) is 0 Å². The summed E-state index contributed by atoms with van der Waals surface area (Å²) < 4.78 is 5.24. The number of hydrogen-bond acceptors (Lipinski definition) is 4. The molecule has 2 aliphatic rings. The Morgan fingerprint density at radius 3 is 2.68 bits per heavy atom. The standard InChI is InChI=1S/C29H40N4O3.C2H6/c1-7-29(3)13-12-23(26(16-29)30-4)19(2)24-14-20-8-9-21(15-25(20)31-24)32(5)28(35)17-33-22(18-36-6)10-11-27(33)34;1-2/h8-9,14-15,22,30-31H,2,7,10-13,16-18H2,1,3-6H3;1-2H3/t22-,29?;/m0./s1. The van der Waals surface area contributed by atoms with Crippen LogP contribution in [0.1, 0.15) is 71.9 Å². The van der Waals surface area contributed by atoms with E-state index in [1.165, 1.54) is 11.3 Å². The van der Waals surface area contributed by atoms with Gasteiger partial charge in [0.2, 0.25) is 11.8 Å². The highest BCUT2D eigenvalue weighted by molar-refractivity contribution is 5.99. The topological polar surface area (TPSA) is 77.7 Å². The van der Waals surface area contributed by atoms with E-state index in [0.29, 0.717) is 18.4 Å². The molecule has 1 aliphatic carbocycles. The van der Waals surface area contributed by atoms with Crippen molar-refractivity contribution >= 4 is 34.0 Å². The summed E-state index contributed by atoms with van der Waals surface area (Å²) in [5, 5.41) is 4.51. The van der Waals surface area contributed by atoms with E-state index in [-0.39, 0.29) is 24.4 Å². The average molecular weight is 523 g/mol. The van der Waals surface area contributed by atoms with E-state index >= 15 is 0 Å². The first-order chi connectivity index (χ1) is 18.2. The predicted molar refractivity (Wildman–Crippen MR) is 157 cm³/mol. The van der Waals surface area contributed by atoms with Crippen molar-refractivity contribution in [3.8, 4) is 0 Å². The number of rotatable bonds is 9. The van der Waals surface area contributed by atoms with Crippen LogP contribution in [0.5, 0.6) is 0 Å². The number of carbonyl (C=O) groups excluding carboxylic acids is 2. The van der Waals surface area contributed by atoms with Gasteiger partial charge in [-0.15, -0.1) is 0 Å². The van der Waals surface area contributed by atoms with Crippen LogP contribution in [0, 0.1) is 5.41 Å². The van der Waals surface area contributed by atoms with Crippen LogP contribution in [-0.2, 0) is 14.3 Å². The molecule has 2 heterocycles. The molecular formula is C31H46N4O3. The molecule has 1 unspecified atom stereocenters. The first-order valence-corrected chi connectivity index (χ1v) is 14.0. The second-order valence-electron chi connectivity index (χ2n) is 10.6. The van der Waals surface area contributed by atoms with Gasteiger partial charge in [0, 0.05) is 55.6 Å². The quantitative estimate of drug-likeness (QED) is 0.431. The fraction of sp³-hybridized carbons (Fsp3) is 0.548. The van der Waals surface area contributed by atoms with Crippen molar-refractivity contribution < 1.29 is 14.3 Å². The lowest BCUT2D eigenvalue weighted by Crippen LogP contribution is -2.44. The molecule has 38 heavy (non-hydrogen) atoms. The summed E-state index contributed by atoms with van der Waals surface area (Å²) in [5.41, 5.74) is 6.68. The van der Waals surface area contributed by atoms with Crippen LogP contribution in [0.25, 0.3) is 16.5 Å². The molecule has 1 aromatic heterocycles. The summed E-state index contributed by atoms with van der Waals surface area (Å²) in [6, 6.07) is 8.06. The average Bonchev–Trinajstić information content (AvgIpc) is 3.52. The monoisotopic (exact) mass is 522 g/mol. The van der Waals surface area contributed by atoms with Crippen LogP contribution in [0.15, 0.2) is 42.1 Å². The van der Waals surface area contributed by atoms with Crippen LogP contribution < -0.4 is 10.2 Å². The summed E-state index contributed by atoms with van der Waals surface area (Å²) in [6.07, 6.45) is 5.57. The number of aromatic amines is 1. The molecule has 0 saturated carbocycles. The van der Waals surface area contributed by atoms with E-state index in [2.05, 4.69) is 36.8 Å². The molecule has 2 N–H and O–H groups in total. The molecule has 0 spiro atoms. The van der Waals surface area contributed by atoms with Gasteiger partial charge in [0.05, 0.1) is 12.6 Å². The van der Waals surface area contributed by atoms with Crippen molar-refractivity contribution in [2.45, 2.75) is 72.3 Å². The number of hydrogen-bond donors (Lipinski definition) is 2. The number of allylic oxidation sites excluding steroid dienone is 3. The van der Waals surface area contributed by atoms with Crippen molar-refractivity contribution in [3.05, 3.63) is 47.8 Å². The van der Waals surface area contributed by atoms with E-state index in [9.17, 15) is 9.59 Å². The number of H-pyrrole nitrogens is 1. The Kier molecular flexibility index (Phi) is 9.82. The highest BCUT2D eigenvalue weighted by Crippen LogP contribution is 2.44. The number of fused-ring (bicyclic) bond motifs is 1. The number of ether oxygens (including phenoxy) is 1. The van der Waals surface area contributed by atoms with E-state index in [1.807, 2.05) is 39.1 Å². The summed E-state index contributed by atoms with van der Waals surface area (Å²) >= 11 is 0. The number of likely N-dealkylation sites (tertiary alicyclic amines) is 1. The number of carbonyl (C=O) groups is 2. The summed E-state index contributed by atoms with van der Waals surface area (Å²) in [7, 11) is 5.38. The van der Waals surface area contributed by atoms with Crippen LogP contribution in [0.4, 0.5) is 5.69 Å². The van der Waals surface area contributed by atoms with Gasteiger partial charge in [-0.3, -0.25) is 9.59 Å². The molecular weight excluding hydrogens is 476 g/mol. The molecule has 1 fully saturated rings. The second-order valence-corrected chi connectivity index (χ2v) is 10.6. The smallest absolute Gasteiger partial charge is 0.246 e. The largest absolute Gasteiger partial charge is 0.391 e. The molecule has 1 aliphatic heterocycles. The number of anilines is 1. The molecule has 1 saturated heterocycles. The number of amides is 2. The highest BCUT2D eigenvalue weighted by Gasteiger charge is 2.33. The number of aromatic nitrogens is 1. The Hall–Kier alpha value is -3.06. The zero-order valence-electron chi connectivity index (χ0n) is 24.4. The lowest BCUT2D eigenvalue weighted by molar-refractivity contribution is -0.134. The Bertz CT molecular complexity index is 1200. The fourth-order valence-electron chi connectivity index (χ4n) is 5.49. The SMILES string of the molecule is C=C(C1=C(NC)CC(C)(CC)CC1)c1cc2ccc(N(C)C(=O)CN3C(=O)CC[C@H]3COC)cc2[nH]1.CC. The van der Waals surface area contributed by atoms with Gasteiger partial charge in [0.15, 0.2) is 0 Å². The van der Waals surface area contributed by atoms with E-state index in [0.717, 1.165) is 60.0 Å². The first kappa shape index (κ1) is 29.5. The molecule has 4 rings (SSSR count). The molecule has 2 amide bonds. The molecule has 0 bridgehead atoms. The van der Waals surface area contributed by atoms with Gasteiger partial charge >= 0.3 is 0 Å². The Balaban J connectivity index is 0.00000195. The number of likely N-dealkylation sites (N-methyl/N-ethyl adjacent to an activating group) is 1. The fourth-order valence-corrected chi connectivity index (χ4v) is 5.49. The van der Waals surface area contributed by atoms with E-state index in [1.54, 1.807) is 24.0 Å². The van der Waals surface area contributed by atoms with Gasteiger partial charge in [0.25, 0.3) is 0 Å². The van der Waals surface area contributed by atoms with Crippen LogP contribution in [0.3, 0.4) is 0 Å². The van der Waals surface area contributed by atoms with Gasteiger partial charge in [-0.2, -0.15) is 0 Å². The Morgan fingerprint density at radius 1 is 1.29 bits per heavy atom. The lowest BCUT2D eigenvalue weighted by atomic mass is 9.72. The van der Waals surface area contributed by atoms with E-state index in [4.69, 9.17) is 4.74 Å². The third-order valence-electron chi connectivity index (χ3n) is 8.28. The van der Waals surface area contributed by atoms with Gasteiger partial charge < -0.3 is 24.8 Å². The summed E-state index contributed by atoms with van der Waals surface area (Å²) in [4.78, 5) is 32.2. The van der Waals surface area contributed by atoms with Crippen LogP contribution >= 0.6 is 0 Å². The van der Waals surface area contributed by atoms with Crippen molar-refractivity contribution in [2.24, 2.45) is 5.41 Å². The van der Waals surface area contributed by atoms with Crippen molar-refractivity contribution in [1.29, 1.82) is 0 Å².